The molecule has 0 amide bonds. The molecule has 17 heavy (non-hydrogen) atoms. The van der Waals surface area contributed by atoms with Crippen molar-refractivity contribution in [2.24, 2.45) is 0 Å². The summed E-state index contributed by atoms with van der Waals surface area (Å²) in [4.78, 5) is 4.45. The molecule has 1 aromatic rings. The van der Waals surface area contributed by atoms with Crippen LogP contribution in [0.1, 0.15) is 45.4 Å². The monoisotopic (exact) mass is 234 g/mol. The maximum atomic E-state index is 5.41. The lowest BCUT2D eigenvalue weighted by molar-refractivity contribution is 0.327. The lowest BCUT2D eigenvalue weighted by Gasteiger charge is -2.17. The minimum absolute atomic E-state index is 0.585. The average molecular weight is 234 g/mol. The average Bonchev–Trinajstić information content (AvgIpc) is 2.59. The van der Waals surface area contributed by atoms with Gasteiger partial charge in [-0.3, -0.25) is 0 Å². The van der Waals surface area contributed by atoms with Crippen LogP contribution in [0.25, 0.3) is 0 Å². The Morgan fingerprint density at radius 1 is 1.24 bits per heavy atom. The van der Waals surface area contributed by atoms with E-state index in [1.165, 1.54) is 38.5 Å². The first kappa shape index (κ1) is 12.2. The van der Waals surface area contributed by atoms with Gasteiger partial charge in [0.1, 0.15) is 5.82 Å². The van der Waals surface area contributed by atoms with E-state index in [-0.39, 0.29) is 0 Å². The summed E-state index contributed by atoms with van der Waals surface area (Å²) in [6.45, 7) is 2.65. The molecule has 3 heteroatoms. The van der Waals surface area contributed by atoms with Crippen molar-refractivity contribution in [2.45, 2.75) is 51.5 Å². The molecule has 94 valence electrons. The van der Waals surface area contributed by atoms with E-state index in [2.05, 4.69) is 10.3 Å². The predicted molar refractivity (Wildman–Crippen MR) is 70.5 cm³/mol. The highest BCUT2D eigenvalue weighted by molar-refractivity contribution is 5.38. The molecule has 1 saturated carbocycles. The van der Waals surface area contributed by atoms with Crippen molar-refractivity contribution in [1.82, 2.24) is 4.98 Å². The van der Waals surface area contributed by atoms with Gasteiger partial charge < -0.3 is 10.1 Å². The van der Waals surface area contributed by atoms with Gasteiger partial charge in [-0.25, -0.2) is 0 Å². The summed E-state index contributed by atoms with van der Waals surface area (Å²) in [5.74, 6) is 1.66. The van der Waals surface area contributed by atoms with Gasteiger partial charge in [0.05, 0.1) is 6.61 Å². The molecule has 1 aliphatic carbocycles. The lowest BCUT2D eigenvalue weighted by Crippen LogP contribution is -2.19. The van der Waals surface area contributed by atoms with Crippen LogP contribution >= 0.6 is 0 Å². The van der Waals surface area contributed by atoms with Gasteiger partial charge in [0.2, 0.25) is 5.88 Å². The fourth-order valence-electron chi connectivity index (χ4n) is 2.36. The Morgan fingerprint density at radius 3 is 2.71 bits per heavy atom. The van der Waals surface area contributed by atoms with Gasteiger partial charge in [0.25, 0.3) is 0 Å². The van der Waals surface area contributed by atoms with Crippen LogP contribution < -0.4 is 10.1 Å². The van der Waals surface area contributed by atoms with Crippen LogP contribution in [-0.2, 0) is 0 Å². The molecule has 3 nitrogen and oxygen atoms in total. The fraction of sp³-hybridized carbons (Fsp3) is 0.643. The zero-order valence-corrected chi connectivity index (χ0v) is 10.6. The SMILES string of the molecule is CCOc1cccc(NC2CCCCCC2)n1. The van der Waals surface area contributed by atoms with Gasteiger partial charge in [0, 0.05) is 12.1 Å². The third-order valence-corrected chi connectivity index (χ3v) is 3.22. The second kappa shape index (κ2) is 6.48. The molecule has 0 aromatic carbocycles. The topological polar surface area (TPSA) is 34.1 Å². The Hall–Kier alpha value is -1.25. The van der Waals surface area contributed by atoms with E-state index in [0.717, 1.165) is 5.82 Å². The number of hydrogen-bond acceptors (Lipinski definition) is 3. The van der Waals surface area contributed by atoms with Crippen molar-refractivity contribution >= 4 is 5.82 Å². The molecule has 1 N–H and O–H groups in total. The molecule has 0 unspecified atom stereocenters. The van der Waals surface area contributed by atoms with E-state index >= 15 is 0 Å². The highest BCUT2D eigenvalue weighted by Gasteiger charge is 2.12. The molecule has 0 spiro atoms. The molecule has 0 bridgehead atoms. The number of ether oxygens (including phenoxy) is 1. The first-order valence-electron chi connectivity index (χ1n) is 6.75. The van der Waals surface area contributed by atoms with Crippen molar-refractivity contribution < 1.29 is 4.74 Å². The van der Waals surface area contributed by atoms with E-state index in [4.69, 9.17) is 4.74 Å². The smallest absolute Gasteiger partial charge is 0.215 e. The zero-order valence-electron chi connectivity index (χ0n) is 10.6. The molecule has 0 atom stereocenters. The van der Waals surface area contributed by atoms with E-state index in [9.17, 15) is 0 Å². The summed E-state index contributed by atoms with van der Waals surface area (Å²) in [5, 5.41) is 3.53. The largest absolute Gasteiger partial charge is 0.478 e. The molecular weight excluding hydrogens is 212 g/mol. The summed E-state index contributed by atoms with van der Waals surface area (Å²) < 4.78 is 5.41. The molecule has 0 radical (unpaired) electrons. The summed E-state index contributed by atoms with van der Waals surface area (Å²) >= 11 is 0. The molecule has 1 aromatic heterocycles. The van der Waals surface area contributed by atoms with E-state index < -0.39 is 0 Å². The quantitative estimate of drug-likeness (QED) is 0.808. The van der Waals surface area contributed by atoms with Gasteiger partial charge in [-0.05, 0) is 25.8 Å². The zero-order chi connectivity index (χ0) is 11.9. The number of pyridine rings is 1. The van der Waals surface area contributed by atoms with Crippen molar-refractivity contribution in [3.63, 3.8) is 0 Å². The molecular formula is C14H22N2O. The normalized spacial score (nSPS) is 17.5. The van der Waals surface area contributed by atoms with Crippen LogP contribution in [0.3, 0.4) is 0 Å². The Bertz CT molecular complexity index is 333. The second-order valence-corrected chi connectivity index (χ2v) is 4.63. The number of aromatic nitrogens is 1. The fourth-order valence-corrected chi connectivity index (χ4v) is 2.36. The highest BCUT2D eigenvalue weighted by Crippen LogP contribution is 2.21. The minimum Gasteiger partial charge on any atom is -0.478 e. The van der Waals surface area contributed by atoms with E-state index in [1.807, 2.05) is 25.1 Å². The Labute approximate surface area is 104 Å². The third-order valence-electron chi connectivity index (χ3n) is 3.22. The van der Waals surface area contributed by atoms with Crippen LogP contribution in [-0.4, -0.2) is 17.6 Å². The van der Waals surface area contributed by atoms with Crippen molar-refractivity contribution in [3.8, 4) is 5.88 Å². The van der Waals surface area contributed by atoms with Gasteiger partial charge in [0.15, 0.2) is 0 Å². The van der Waals surface area contributed by atoms with Crippen molar-refractivity contribution in [1.29, 1.82) is 0 Å². The maximum absolute atomic E-state index is 5.41. The summed E-state index contributed by atoms with van der Waals surface area (Å²) in [7, 11) is 0. The van der Waals surface area contributed by atoms with Crippen LogP contribution in [0.15, 0.2) is 18.2 Å². The van der Waals surface area contributed by atoms with Crippen LogP contribution in [0.2, 0.25) is 0 Å². The molecule has 0 saturated heterocycles. The van der Waals surface area contributed by atoms with Crippen LogP contribution in [0, 0.1) is 0 Å². The van der Waals surface area contributed by atoms with E-state index in [1.54, 1.807) is 0 Å². The van der Waals surface area contributed by atoms with Crippen molar-refractivity contribution in [3.05, 3.63) is 18.2 Å². The van der Waals surface area contributed by atoms with Gasteiger partial charge >= 0.3 is 0 Å². The second-order valence-electron chi connectivity index (χ2n) is 4.63. The summed E-state index contributed by atoms with van der Waals surface area (Å²) in [6.07, 6.45) is 7.96. The van der Waals surface area contributed by atoms with Crippen molar-refractivity contribution in [2.75, 3.05) is 11.9 Å². The Balaban J connectivity index is 1.94. The number of hydrogen-bond donors (Lipinski definition) is 1. The molecule has 1 fully saturated rings. The molecule has 1 aliphatic rings. The predicted octanol–water partition coefficient (Wildman–Crippen LogP) is 3.62. The van der Waals surface area contributed by atoms with E-state index in [0.29, 0.717) is 18.5 Å². The summed E-state index contributed by atoms with van der Waals surface area (Å²) in [5.41, 5.74) is 0. The number of nitrogens with zero attached hydrogens (tertiary/aromatic N) is 1. The summed E-state index contributed by atoms with van der Waals surface area (Å²) in [6, 6.07) is 6.51. The van der Waals surface area contributed by atoms with Gasteiger partial charge in [-0.2, -0.15) is 4.98 Å². The third kappa shape index (κ3) is 3.91. The number of anilines is 1. The lowest BCUT2D eigenvalue weighted by atomic mass is 10.1. The number of rotatable bonds is 4. The van der Waals surface area contributed by atoms with Gasteiger partial charge in [-0.15, -0.1) is 0 Å². The Morgan fingerprint density at radius 2 is 2.00 bits per heavy atom. The molecule has 1 heterocycles. The van der Waals surface area contributed by atoms with Crippen LogP contribution in [0.5, 0.6) is 5.88 Å². The molecule has 2 rings (SSSR count). The maximum Gasteiger partial charge on any atom is 0.215 e. The Kier molecular flexibility index (Phi) is 4.65. The van der Waals surface area contributed by atoms with Crippen LogP contribution in [0.4, 0.5) is 5.82 Å². The first-order valence-corrected chi connectivity index (χ1v) is 6.75. The first-order chi connectivity index (χ1) is 8.38. The molecule has 0 aliphatic heterocycles. The minimum atomic E-state index is 0.585. The highest BCUT2D eigenvalue weighted by atomic mass is 16.5. The number of nitrogens with one attached hydrogen (secondary N) is 1. The standard InChI is InChI=1S/C14H22N2O/c1-2-17-14-11-7-10-13(16-14)15-12-8-5-3-4-6-9-12/h7,10-12H,2-6,8-9H2,1H3,(H,15,16). The van der Waals surface area contributed by atoms with Gasteiger partial charge in [-0.1, -0.05) is 31.7 Å².